The molecule has 0 amide bonds. The minimum atomic E-state index is -3.61. The highest BCUT2D eigenvalue weighted by atomic mass is 79.9. The van der Waals surface area contributed by atoms with Gasteiger partial charge in [-0.2, -0.15) is 0 Å². The van der Waals surface area contributed by atoms with Crippen LogP contribution in [0.4, 0.5) is 0 Å². The summed E-state index contributed by atoms with van der Waals surface area (Å²) in [7, 11) is -2.09. The Labute approximate surface area is 107 Å². The average Bonchev–Trinajstić information content (AvgIpc) is 2.52. The van der Waals surface area contributed by atoms with Crippen LogP contribution in [0.1, 0.15) is 12.8 Å². The van der Waals surface area contributed by atoms with E-state index in [0.29, 0.717) is 19.4 Å². The number of rotatable bonds is 4. The van der Waals surface area contributed by atoms with Gasteiger partial charge in [0.15, 0.2) is 4.60 Å². The molecule has 96 valence electrons. The van der Waals surface area contributed by atoms with Crippen LogP contribution in [0.2, 0.25) is 0 Å². The molecule has 0 radical (unpaired) electrons. The Morgan fingerprint density at radius 3 is 2.71 bits per heavy atom. The summed E-state index contributed by atoms with van der Waals surface area (Å²) in [5.41, 5.74) is 0. The highest BCUT2D eigenvalue weighted by Gasteiger charge is 2.30. The fourth-order valence-electron chi connectivity index (χ4n) is 1.77. The van der Waals surface area contributed by atoms with E-state index in [1.807, 2.05) is 0 Å². The summed E-state index contributed by atoms with van der Waals surface area (Å²) in [5, 5.41) is 16.4. The highest BCUT2D eigenvalue weighted by molar-refractivity contribution is 9.10. The number of halogens is 1. The van der Waals surface area contributed by atoms with Gasteiger partial charge in [0, 0.05) is 13.6 Å². The van der Waals surface area contributed by atoms with E-state index in [1.165, 1.54) is 11.7 Å². The lowest BCUT2D eigenvalue weighted by atomic mass is 9.83. The molecule has 0 saturated heterocycles. The molecule has 7 nitrogen and oxygen atoms in total. The summed E-state index contributed by atoms with van der Waals surface area (Å²) in [5.74, 6) is 0.208. The molecule has 0 atom stereocenters. The van der Waals surface area contributed by atoms with E-state index in [9.17, 15) is 8.42 Å². The van der Waals surface area contributed by atoms with Gasteiger partial charge in [0.05, 0.1) is 6.10 Å². The molecule has 2 rings (SSSR count). The fraction of sp³-hybridized carbons (Fsp3) is 0.750. The summed E-state index contributed by atoms with van der Waals surface area (Å²) >= 11 is 3.05. The minimum Gasteiger partial charge on any atom is -0.393 e. The molecule has 1 heterocycles. The van der Waals surface area contributed by atoms with Gasteiger partial charge in [-0.3, -0.25) is 0 Å². The van der Waals surface area contributed by atoms with Crippen molar-refractivity contribution in [1.29, 1.82) is 0 Å². The second-order valence-electron chi connectivity index (χ2n) is 4.15. The highest BCUT2D eigenvalue weighted by Crippen LogP contribution is 2.27. The molecule has 1 aliphatic rings. The third kappa shape index (κ3) is 2.67. The SMILES string of the molecule is Cn1nnc(Br)c1S(=O)(=O)NCC1CC(O)C1. The lowest BCUT2D eigenvalue weighted by Gasteiger charge is -2.31. The molecule has 1 aliphatic carbocycles. The predicted molar refractivity (Wildman–Crippen MR) is 62.6 cm³/mol. The largest absolute Gasteiger partial charge is 0.393 e. The number of aliphatic hydroxyl groups is 1. The molecule has 0 unspecified atom stereocenters. The Hall–Kier alpha value is -0.510. The van der Waals surface area contributed by atoms with Crippen LogP contribution in [0.5, 0.6) is 0 Å². The number of hydrogen-bond donors (Lipinski definition) is 2. The van der Waals surface area contributed by atoms with Gasteiger partial charge in [0.1, 0.15) is 0 Å². The number of nitrogens with one attached hydrogen (secondary N) is 1. The predicted octanol–water partition coefficient (Wildman–Crippen LogP) is -0.373. The standard InChI is InChI=1S/C8H13BrN4O3S/c1-13-8(7(9)11-12-13)17(15,16)10-4-5-2-6(14)3-5/h5-6,10,14H,2-4H2,1H3. The van der Waals surface area contributed by atoms with Gasteiger partial charge in [-0.1, -0.05) is 5.21 Å². The van der Waals surface area contributed by atoms with Crippen LogP contribution in [-0.2, 0) is 17.1 Å². The summed E-state index contributed by atoms with van der Waals surface area (Å²) in [6, 6.07) is 0. The maximum absolute atomic E-state index is 12.0. The lowest BCUT2D eigenvalue weighted by Crippen LogP contribution is -2.38. The van der Waals surface area contributed by atoms with Crippen molar-refractivity contribution in [2.45, 2.75) is 24.0 Å². The fourth-order valence-corrected chi connectivity index (χ4v) is 3.98. The van der Waals surface area contributed by atoms with Crippen molar-refractivity contribution in [2.75, 3.05) is 6.54 Å². The maximum Gasteiger partial charge on any atom is 0.260 e. The third-order valence-electron chi connectivity index (χ3n) is 2.76. The van der Waals surface area contributed by atoms with Gasteiger partial charge in [0.2, 0.25) is 5.03 Å². The van der Waals surface area contributed by atoms with Crippen LogP contribution in [0.15, 0.2) is 9.63 Å². The van der Waals surface area contributed by atoms with E-state index in [-0.39, 0.29) is 21.7 Å². The number of hydrogen-bond acceptors (Lipinski definition) is 5. The summed E-state index contributed by atoms with van der Waals surface area (Å²) in [6.07, 6.45) is 1.01. The molecular weight excluding hydrogens is 312 g/mol. The van der Waals surface area contributed by atoms with E-state index in [4.69, 9.17) is 5.11 Å². The first kappa shape index (κ1) is 12.9. The Balaban J connectivity index is 2.04. The first-order chi connectivity index (χ1) is 7.90. The summed E-state index contributed by atoms with van der Waals surface area (Å²) in [6.45, 7) is 0.330. The molecule has 2 N–H and O–H groups in total. The van der Waals surface area contributed by atoms with Crippen molar-refractivity contribution >= 4 is 26.0 Å². The van der Waals surface area contributed by atoms with Gasteiger partial charge in [0.25, 0.3) is 10.0 Å². The zero-order valence-electron chi connectivity index (χ0n) is 9.17. The molecule has 0 aromatic carbocycles. The molecule has 1 aromatic heterocycles. The van der Waals surface area contributed by atoms with Crippen molar-refractivity contribution in [3.63, 3.8) is 0 Å². The Morgan fingerprint density at radius 1 is 1.59 bits per heavy atom. The van der Waals surface area contributed by atoms with E-state index < -0.39 is 10.0 Å². The molecular formula is C8H13BrN4O3S. The molecule has 1 aromatic rings. The van der Waals surface area contributed by atoms with Crippen LogP contribution in [0.25, 0.3) is 0 Å². The smallest absolute Gasteiger partial charge is 0.260 e. The van der Waals surface area contributed by atoms with E-state index in [1.54, 1.807) is 0 Å². The van der Waals surface area contributed by atoms with Crippen LogP contribution < -0.4 is 4.72 Å². The zero-order valence-corrected chi connectivity index (χ0v) is 11.6. The van der Waals surface area contributed by atoms with Gasteiger partial charge in [-0.15, -0.1) is 5.10 Å². The number of aromatic nitrogens is 3. The maximum atomic E-state index is 12.0. The Bertz CT molecular complexity index is 489. The van der Waals surface area contributed by atoms with E-state index in [0.717, 1.165) is 0 Å². The number of aliphatic hydroxyl groups excluding tert-OH is 1. The molecule has 0 aliphatic heterocycles. The van der Waals surface area contributed by atoms with Crippen molar-refractivity contribution in [3.8, 4) is 0 Å². The first-order valence-electron chi connectivity index (χ1n) is 5.13. The number of sulfonamides is 1. The number of nitrogens with zero attached hydrogens (tertiary/aromatic N) is 3. The van der Waals surface area contributed by atoms with Crippen LogP contribution in [0.3, 0.4) is 0 Å². The topological polar surface area (TPSA) is 97.1 Å². The number of aryl methyl sites for hydroxylation is 1. The van der Waals surface area contributed by atoms with Gasteiger partial charge >= 0.3 is 0 Å². The monoisotopic (exact) mass is 324 g/mol. The Morgan fingerprint density at radius 2 is 2.24 bits per heavy atom. The normalized spacial score (nSPS) is 24.6. The minimum absolute atomic E-state index is 0.0115. The van der Waals surface area contributed by atoms with Crippen molar-refractivity contribution in [2.24, 2.45) is 13.0 Å². The lowest BCUT2D eigenvalue weighted by molar-refractivity contribution is 0.0453. The van der Waals surface area contributed by atoms with E-state index in [2.05, 4.69) is 31.0 Å². The van der Waals surface area contributed by atoms with Gasteiger partial charge < -0.3 is 5.11 Å². The molecule has 1 fully saturated rings. The third-order valence-corrected chi connectivity index (χ3v) is 5.07. The van der Waals surface area contributed by atoms with Crippen molar-refractivity contribution in [3.05, 3.63) is 4.60 Å². The average molecular weight is 325 g/mol. The van der Waals surface area contributed by atoms with E-state index >= 15 is 0 Å². The van der Waals surface area contributed by atoms with Crippen LogP contribution >= 0.6 is 15.9 Å². The first-order valence-corrected chi connectivity index (χ1v) is 7.40. The molecule has 0 bridgehead atoms. The van der Waals surface area contributed by atoms with Crippen LogP contribution in [0, 0.1) is 5.92 Å². The summed E-state index contributed by atoms with van der Waals surface area (Å²) in [4.78, 5) is 0. The summed E-state index contributed by atoms with van der Waals surface area (Å²) < 4.78 is 27.8. The Kier molecular flexibility index (Phi) is 3.53. The second kappa shape index (κ2) is 4.63. The van der Waals surface area contributed by atoms with Gasteiger partial charge in [-0.05, 0) is 34.7 Å². The van der Waals surface area contributed by atoms with Crippen molar-refractivity contribution < 1.29 is 13.5 Å². The second-order valence-corrected chi connectivity index (χ2v) is 6.59. The van der Waals surface area contributed by atoms with Crippen LogP contribution in [-0.4, -0.2) is 41.2 Å². The zero-order chi connectivity index (χ0) is 12.6. The molecule has 17 heavy (non-hydrogen) atoms. The van der Waals surface area contributed by atoms with Gasteiger partial charge in [-0.25, -0.2) is 17.8 Å². The quantitative estimate of drug-likeness (QED) is 0.787. The van der Waals surface area contributed by atoms with Crippen molar-refractivity contribution in [1.82, 2.24) is 19.7 Å². The molecule has 9 heteroatoms. The molecule has 1 saturated carbocycles. The molecule has 0 spiro atoms.